The summed E-state index contributed by atoms with van der Waals surface area (Å²) in [7, 11) is 1.79. The number of benzene rings is 2. The first-order valence-electron chi connectivity index (χ1n) is 8.96. The maximum Gasteiger partial charge on any atom is 0.226 e. The van der Waals surface area contributed by atoms with Crippen molar-refractivity contribution in [3.63, 3.8) is 0 Å². The lowest BCUT2D eigenvalue weighted by Crippen LogP contribution is -2.24. The van der Waals surface area contributed by atoms with Crippen molar-refractivity contribution in [2.45, 2.75) is 26.2 Å². The van der Waals surface area contributed by atoms with E-state index < -0.39 is 0 Å². The first-order chi connectivity index (χ1) is 13.1. The van der Waals surface area contributed by atoms with Gasteiger partial charge in [-0.15, -0.1) is 11.3 Å². The third kappa shape index (κ3) is 4.68. The predicted octanol–water partition coefficient (Wildman–Crippen LogP) is 5.00. The minimum atomic E-state index is 0.0870. The van der Waals surface area contributed by atoms with Gasteiger partial charge in [0.25, 0.3) is 0 Å². The quantitative estimate of drug-likeness (QED) is 0.544. The molecule has 1 aromatic heterocycles. The summed E-state index contributed by atoms with van der Waals surface area (Å²) in [5.74, 6) is 0.231. The molecule has 0 aliphatic heterocycles. The number of aromatic nitrogens is 1. The van der Waals surface area contributed by atoms with Crippen LogP contribution in [0.3, 0.4) is 0 Å². The van der Waals surface area contributed by atoms with Crippen LogP contribution in [0.4, 0.5) is 5.69 Å². The highest BCUT2D eigenvalue weighted by Gasteiger charge is 2.10. The number of anilines is 1. The summed E-state index contributed by atoms with van der Waals surface area (Å²) >= 11 is 1.58. The van der Waals surface area contributed by atoms with E-state index in [1.165, 1.54) is 0 Å². The maximum absolute atomic E-state index is 12.3. The molecule has 5 heteroatoms. The number of amides is 1. The summed E-state index contributed by atoms with van der Waals surface area (Å²) in [6.45, 7) is 1.85. The molecule has 0 saturated carbocycles. The largest absolute Gasteiger partial charge is 0.316 e. The van der Waals surface area contributed by atoms with Gasteiger partial charge in [-0.2, -0.15) is 0 Å². The van der Waals surface area contributed by atoms with Crippen LogP contribution in [0.25, 0.3) is 11.1 Å². The second kappa shape index (κ2) is 8.73. The summed E-state index contributed by atoms with van der Waals surface area (Å²) < 4.78 is 0. The lowest BCUT2D eigenvalue weighted by molar-refractivity contribution is -0.118. The molecular weight excluding hydrogens is 356 g/mol. The molecule has 0 fully saturated rings. The molecule has 0 saturated heterocycles. The molecule has 1 amide bonds. The Morgan fingerprint density at radius 3 is 2.19 bits per heavy atom. The van der Waals surface area contributed by atoms with E-state index in [2.05, 4.69) is 4.98 Å². The van der Waals surface area contributed by atoms with Gasteiger partial charge in [0.1, 0.15) is 0 Å². The summed E-state index contributed by atoms with van der Waals surface area (Å²) in [5, 5.41) is 0. The number of thiazole rings is 1. The zero-order valence-electron chi connectivity index (χ0n) is 15.5. The molecule has 0 aliphatic rings. The Hall–Kier alpha value is -2.79. The Morgan fingerprint density at radius 2 is 1.63 bits per heavy atom. The first kappa shape index (κ1) is 19.0. The number of rotatable bonds is 7. The van der Waals surface area contributed by atoms with E-state index in [0.717, 1.165) is 33.7 Å². The van der Waals surface area contributed by atoms with Gasteiger partial charge in [0.05, 0.1) is 5.51 Å². The van der Waals surface area contributed by atoms with Crippen molar-refractivity contribution < 1.29 is 9.59 Å². The fraction of sp³-hybridized carbons (Fsp3) is 0.227. The average molecular weight is 378 g/mol. The standard InChI is InChI=1S/C22H22N2O2S/c1-3-22(26)24(2)19-10-8-17(9-11-19)16-4-6-18(7-5-16)21(25)13-12-20-14-23-15-27-20/h4-11,14-15H,3,12-13H2,1-2H3. The fourth-order valence-electron chi connectivity index (χ4n) is 2.85. The van der Waals surface area contributed by atoms with Crippen LogP contribution in [0.1, 0.15) is 35.0 Å². The second-order valence-electron chi connectivity index (χ2n) is 6.32. The highest BCUT2D eigenvalue weighted by molar-refractivity contribution is 7.09. The first-order valence-corrected chi connectivity index (χ1v) is 9.84. The van der Waals surface area contributed by atoms with Crippen molar-refractivity contribution in [2.75, 3.05) is 11.9 Å². The number of hydrogen-bond acceptors (Lipinski definition) is 4. The minimum Gasteiger partial charge on any atom is -0.316 e. The molecule has 0 bridgehead atoms. The number of carbonyl (C=O) groups excluding carboxylic acids is 2. The Morgan fingerprint density at radius 1 is 1.00 bits per heavy atom. The van der Waals surface area contributed by atoms with Crippen LogP contribution in [-0.4, -0.2) is 23.7 Å². The third-order valence-electron chi connectivity index (χ3n) is 4.55. The van der Waals surface area contributed by atoms with Crippen LogP contribution in [0.2, 0.25) is 0 Å². The van der Waals surface area contributed by atoms with Gasteiger partial charge in [-0.05, 0) is 29.7 Å². The Bertz CT molecular complexity index is 901. The van der Waals surface area contributed by atoms with E-state index in [9.17, 15) is 9.59 Å². The van der Waals surface area contributed by atoms with Gasteiger partial charge in [0, 0.05) is 42.2 Å². The van der Waals surface area contributed by atoms with Gasteiger partial charge in [-0.3, -0.25) is 14.6 Å². The molecule has 3 aromatic rings. The van der Waals surface area contributed by atoms with Crippen molar-refractivity contribution in [1.82, 2.24) is 4.98 Å². The smallest absolute Gasteiger partial charge is 0.226 e. The molecule has 0 unspecified atom stereocenters. The van der Waals surface area contributed by atoms with Crippen molar-refractivity contribution in [3.8, 4) is 11.1 Å². The van der Waals surface area contributed by atoms with Gasteiger partial charge in [0.2, 0.25) is 5.91 Å². The number of ketones is 1. The number of nitrogens with zero attached hydrogens (tertiary/aromatic N) is 2. The lowest BCUT2D eigenvalue weighted by Gasteiger charge is -2.16. The van der Waals surface area contributed by atoms with Crippen LogP contribution >= 0.6 is 11.3 Å². The molecular formula is C22H22N2O2S. The predicted molar refractivity (Wildman–Crippen MR) is 110 cm³/mol. The molecule has 3 rings (SSSR count). The van der Waals surface area contributed by atoms with Crippen LogP contribution in [0.15, 0.2) is 60.2 Å². The van der Waals surface area contributed by atoms with Crippen LogP contribution in [-0.2, 0) is 11.2 Å². The summed E-state index contributed by atoms with van der Waals surface area (Å²) in [6.07, 6.45) is 3.53. The van der Waals surface area contributed by atoms with E-state index in [4.69, 9.17) is 0 Å². The Labute approximate surface area is 163 Å². The molecule has 0 radical (unpaired) electrons. The van der Waals surface area contributed by atoms with E-state index >= 15 is 0 Å². The molecule has 27 heavy (non-hydrogen) atoms. The summed E-state index contributed by atoms with van der Waals surface area (Å²) in [5.41, 5.74) is 5.49. The van der Waals surface area contributed by atoms with Crippen molar-refractivity contribution in [3.05, 3.63) is 70.7 Å². The second-order valence-corrected chi connectivity index (χ2v) is 7.29. The van der Waals surface area contributed by atoms with Gasteiger partial charge >= 0.3 is 0 Å². The van der Waals surface area contributed by atoms with Gasteiger partial charge in [-0.1, -0.05) is 43.3 Å². The van der Waals surface area contributed by atoms with E-state index in [0.29, 0.717) is 12.8 Å². The number of Topliss-reactive ketones (excluding diaryl/α,β-unsaturated/α-hetero) is 1. The fourth-order valence-corrected chi connectivity index (χ4v) is 3.45. The van der Waals surface area contributed by atoms with E-state index in [-0.39, 0.29) is 11.7 Å². The van der Waals surface area contributed by atoms with E-state index in [1.54, 1.807) is 28.8 Å². The average Bonchev–Trinajstić information content (AvgIpc) is 3.25. The van der Waals surface area contributed by atoms with Crippen molar-refractivity contribution >= 4 is 28.7 Å². The SMILES string of the molecule is CCC(=O)N(C)c1ccc(-c2ccc(C(=O)CCc3cncs3)cc2)cc1. The third-order valence-corrected chi connectivity index (χ3v) is 5.39. The molecule has 2 aromatic carbocycles. The topological polar surface area (TPSA) is 50.3 Å². The zero-order chi connectivity index (χ0) is 19.2. The highest BCUT2D eigenvalue weighted by Crippen LogP contribution is 2.24. The molecule has 1 heterocycles. The molecule has 0 spiro atoms. The normalized spacial score (nSPS) is 10.6. The molecule has 0 atom stereocenters. The monoisotopic (exact) mass is 378 g/mol. The number of aryl methyl sites for hydroxylation is 1. The van der Waals surface area contributed by atoms with Crippen LogP contribution in [0.5, 0.6) is 0 Å². The molecule has 0 aliphatic carbocycles. The summed E-state index contributed by atoms with van der Waals surface area (Å²) in [6, 6.07) is 15.6. The molecule has 0 N–H and O–H groups in total. The highest BCUT2D eigenvalue weighted by atomic mass is 32.1. The van der Waals surface area contributed by atoms with Gasteiger partial charge in [-0.25, -0.2) is 0 Å². The van der Waals surface area contributed by atoms with Gasteiger partial charge in [0.15, 0.2) is 5.78 Å². The zero-order valence-corrected chi connectivity index (χ0v) is 16.3. The maximum atomic E-state index is 12.3. The number of carbonyl (C=O) groups is 2. The van der Waals surface area contributed by atoms with E-state index in [1.807, 2.05) is 61.7 Å². The van der Waals surface area contributed by atoms with Gasteiger partial charge < -0.3 is 4.90 Å². The van der Waals surface area contributed by atoms with Crippen LogP contribution in [0, 0.1) is 0 Å². The molecule has 138 valence electrons. The van der Waals surface area contributed by atoms with Crippen molar-refractivity contribution in [2.24, 2.45) is 0 Å². The van der Waals surface area contributed by atoms with Crippen LogP contribution < -0.4 is 4.90 Å². The summed E-state index contributed by atoms with van der Waals surface area (Å²) in [4.78, 5) is 31.0. The lowest BCUT2D eigenvalue weighted by atomic mass is 10.0. The Balaban J connectivity index is 1.66. The molecule has 4 nitrogen and oxygen atoms in total. The minimum absolute atomic E-state index is 0.0870. The Kier molecular flexibility index (Phi) is 6.14. The van der Waals surface area contributed by atoms with Crippen molar-refractivity contribution in [1.29, 1.82) is 0 Å². The number of hydrogen-bond donors (Lipinski definition) is 0.